The van der Waals surface area contributed by atoms with Crippen molar-refractivity contribution in [1.82, 2.24) is 14.8 Å². The van der Waals surface area contributed by atoms with Crippen molar-refractivity contribution in [2.45, 2.75) is 74.7 Å². The predicted octanol–water partition coefficient (Wildman–Crippen LogP) is 5.69. The Labute approximate surface area is 181 Å². The van der Waals surface area contributed by atoms with Crippen LogP contribution in [0.3, 0.4) is 0 Å². The first-order chi connectivity index (χ1) is 14.5. The van der Waals surface area contributed by atoms with Gasteiger partial charge in [0.15, 0.2) is 16.8 Å². The third kappa shape index (κ3) is 3.05. The van der Waals surface area contributed by atoms with Gasteiger partial charge in [0.2, 0.25) is 0 Å². The molecule has 0 saturated heterocycles. The van der Waals surface area contributed by atoms with Crippen molar-refractivity contribution in [3.63, 3.8) is 0 Å². The lowest BCUT2D eigenvalue weighted by Gasteiger charge is -2.56. The van der Waals surface area contributed by atoms with Crippen molar-refractivity contribution in [2.24, 2.45) is 23.2 Å². The van der Waals surface area contributed by atoms with Gasteiger partial charge in [0, 0.05) is 11.5 Å². The van der Waals surface area contributed by atoms with Crippen LogP contribution in [0.25, 0.3) is 11.4 Å². The normalized spacial score (nSPS) is 33.1. The molecule has 0 N–H and O–H groups in total. The van der Waals surface area contributed by atoms with Crippen LogP contribution >= 0.6 is 11.8 Å². The van der Waals surface area contributed by atoms with E-state index in [-0.39, 0.29) is 16.5 Å². The zero-order valence-corrected chi connectivity index (χ0v) is 18.2. The fourth-order valence-corrected chi connectivity index (χ4v) is 8.01. The standard InChI is InChI=1S/C24H28FN3OS/c1-14(21(29)24-11-15-8-16(12-24)10-17(9-15)13-24)30-23-27-26-22(28(23)18-6-7-18)19-4-2-3-5-20(19)25/h2-5,14-18H,6-13H2,1H3. The number of carbonyl (C=O) groups excluding carboxylic acids is 1. The van der Waals surface area contributed by atoms with Gasteiger partial charge < -0.3 is 0 Å². The molecular weight excluding hydrogens is 397 g/mol. The van der Waals surface area contributed by atoms with Gasteiger partial charge in [0.25, 0.3) is 0 Å². The second kappa shape index (κ2) is 6.91. The summed E-state index contributed by atoms with van der Waals surface area (Å²) in [7, 11) is 0. The maximum atomic E-state index is 14.4. The predicted molar refractivity (Wildman–Crippen MR) is 115 cm³/mol. The highest BCUT2D eigenvalue weighted by Gasteiger charge is 2.55. The summed E-state index contributed by atoms with van der Waals surface area (Å²) in [6, 6.07) is 7.07. The van der Waals surface area contributed by atoms with Crippen molar-refractivity contribution in [3.8, 4) is 11.4 Å². The average Bonchev–Trinajstić information content (AvgIpc) is 3.47. The molecule has 0 radical (unpaired) electrons. The largest absolute Gasteiger partial charge is 0.299 e. The number of hydrogen-bond donors (Lipinski definition) is 0. The summed E-state index contributed by atoms with van der Waals surface area (Å²) in [6.45, 7) is 2.04. The summed E-state index contributed by atoms with van der Waals surface area (Å²) in [4.78, 5) is 13.7. The molecule has 5 fully saturated rings. The highest BCUT2D eigenvalue weighted by Crippen LogP contribution is 2.61. The lowest BCUT2D eigenvalue weighted by atomic mass is 9.48. The van der Waals surface area contributed by atoms with Gasteiger partial charge in [-0.3, -0.25) is 9.36 Å². The zero-order valence-electron chi connectivity index (χ0n) is 17.4. The molecule has 5 aliphatic rings. The van der Waals surface area contributed by atoms with Crippen LogP contribution in [0.5, 0.6) is 0 Å². The van der Waals surface area contributed by atoms with Crippen LogP contribution < -0.4 is 0 Å². The zero-order chi connectivity index (χ0) is 20.5. The Bertz CT molecular complexity index is 963. The smallest absolute Gasteiger partial charge is 0.192 e. The fraction of sp³-hybridized carbons (Fsp3) is 0.625. The van der Waals surface area contributed by atoms with Gasteiger partial charge in [0.1, 0.15) is 5.82 Å². The molecule has 4 bridgehead atoms. The Kier molecular flexibility index (Phi) is 4.38. The topological polar surface area (TPSA) is 47.8 Å². The monoisotopic (exact) mass is 425 g/mol. The number of thioether (sulfide) groups is 1. The minimum atomic E-state index is -0.277. The molecule has 5 aliphatic carbocycles. The maximum absolute atomic E-state index is 14.4. The Hall–Kier alpha value is -1.69. The molecule has 5 saturated carbocycles. The van der Waals surface area contributed by atoms with Crippen molar-refractivity contribution in [1.29, 1.82) is 0 Å². The minimum absolute atomic E-state index is 0.0973. The molecule has 0 aliphatic heterocycles. The first-order valence-electron chi connectivity index (χ1n) is 11.4. The number of hydrogen-bond acceptors (Lipinski definition) is 4. The number of aromatic nitrogens is 3. The number of rotatable bonds is 6. The average molecular weight is 426 g/mol. The molecular formula is C24H28FN3OS. The van der Waals surface area contributed by atoms with Gasteiger partial charge in [-0.05, 0) is 88.2 Å². The van der Waals surface area contributed by atoms with E-state index in [9.17, 15) is 9.18 Å². The Balaban J connectivity index is 1.27. The second-order valence-electron chi connectivity index (χ2n) is 10.2. The summed E-state index contributed by atoms with van der Waals surface area (Å²) in [6.07, 6.45) is 9.44. The molecule has 0 amide bonds. The van der Waals surface area contributed by atoms with Gasteiger partial charge in [-0.25, -0.2) is 4.39 Å². The Morgan fingerprint density at radius 2 is 1.73 bits per heavy atom. The molecule has 6 heteroatoms. The minimum Gasteiger partial charge on any atom is -0.299 e. The van der Waals surface area contributed by atoms with E-state index in [1.165, 1.54) is 37.1 Å². The third-order valence-corrected chi connectivity index (χ3v) is 8.96. The van der Waals surface area contributed by atoms with Crippen molar-refractivity contribution >= 4 is 17.5 Å². The van der Waals surface area contributed by atoms with E-state index in [0.29, 0.717) is 23.2 Å². The molecule has 1 aromatic heterocycles. The van der Waals surface area contributed by atoms with Gasteiger partial charge in [-0.2, -0.15) is 0 Å². The van der Waals surface area contributed by atoms with Gasteiger partial charge in [-0.1, -0.05) is 23.9 Å². The fourth-order valence-electron chi connectivity index (χ4n) is 6.90. The van der Waals surface area contributed by atoms with Crippen molar-refractivity contribution in [3.05, 3.63) is 30.1 Å². The van der Waals surface area contributed by atoms with E-state index in [1.807, 2.05) is 13.0 Å². The van der Waals surface area contributed by atoms with E-state index in [0.717, 1.165) is 55.0 Å². The molecule has 4 nitrogen and oxygen atoms in total. The van der Waals surface area contributed by atoms with Crippen LogP contribution in [0, 0.1) is 29.0 Å². The number of halogens is 1. The highest BCUT2D eigenvalue weighted by atomic mass is 32.2. The van der Waals surface area contributed by atoms with E-state index in [4.69, 9.17) is 0 Å². The van der Waals surface area contributed by atoms with Crippen LogP contribution in [-0.2, 0) is 4.79 Å². The van der Waals surface area contributed by atoms with Crippen LogP contribution in [-0.4, -0.2) is 25.8 Å². The molecule has 1 aromatic carbocycles. The molecule has 1 heterocycles. The lowest BCUT2D eigenvalue weighted by molar-refractivity contribution is -0.143. The van der Waals surface area contributed by atoms with Crippen molar-refractivity contribution in [2.75, 3.05) is 0 Å². The number of nitrogens with zero attached hydrogens (tertiary/aromatic N) is 3. The summed E-state index contributed by atoms with van der Waals surface area (Å²) < 4.78 is 16.5. The summed E-state index contributed by atoms with van der Waals surface area (Å²) >= 11 is 1.53. The first kappa shape index (κ1) is 19.0. The maximum Gasteiger partial charge on any atom is 0.192 e. The Morgan fingerprint density at radius 3 is 2.33 bits per heavy atom. The summed E-state index contributed by atoms with van der Waals surface area (Å²) in [5.74, 6) is 3.03. The molecule has 7 rings (SSSR count). The summed E-state index contributed by atoms with van der Waals surface area (Å²) in [5, 5.41) is 9.40. The number of benzene rings is 1. The highest BCUT2D eigenvalue weighted by molar-refractivity contribution is 8.00. The van der Waals surface area contributed by atoms with Gasteiger partial charge in [0.05, 0.1) is 10.8 Å². The molecule has 30 heavy (non-hydrogen) atoms. The molecule has 158 valence electrons. The van der Waals surface area contributed by atoms with Gasteiger partial charge >= 0.3 is 0 Å². The van der Waals surface area contributed by atoms with Crippen LogP contribution in [0.15, 0.2) is 29.4 Å². The number of carbonyl (C=O) groups is 1. The third-order valence-electron chi connectivity index (χ3n) is 7.90. The summed E-state index contributed by atoms with van der Waals surface area (Å²) in [5.41, 5.74) is 0.392. The molecule has 2 aromatic rings. The molecule has 1 unspecified atom stereocenters. The van der Waals surface area contributed by atoms with E-state index < -0.39 is 0 Å². The van der Waals surface area contributed by atoms with Crippen LogP contribution in [0.1, 0.15) is 64.3 Å². The van der Waals surface area contributed by atoms with E-state index >= 15 is 0 Å². The van der Waals surface area contributed by atoms with Crippen LogP contribution in [0.2, 0.25) is 0 Å². The Morgan fingerprint density at radius 1 is 1.10 bits per heavy atom. The van der Waals surface area contributed by atoms with Crippen LogP contribution in [0.4, 0.5) is 4.39 Å². The van der Waals surface area contributed by atoms with Crippen molar-refractivity contribution < 1.29 is 9.18 Å². The van der Waals surface area contributed by atoms with E-state index in [2.05, 4.69) is 14.8 Å². The molecule has 1 atom stereocenters. The molecule has 0 spiro atoms. The van der Waals surface area contributed by atoms with Gasteiger partial charge in [-0.15, -0.1) is 10.2 Å². The number of ketones is 1. The quantitative estimate of drug-likeness (QED) is 0.558. The van der Waals surface area contributed by atoms with E-state index in [1.54, 1.807) is 12.1 Å². The first-order valence-corrected chi connectivity index (χ1v) is 12.3. The SMILES string of the molecule is CC(Sc1nnc(-c2ccccc2F)n1C1CC1)C(=O)C12CC3CC(CC(C3)C1)C2. The second-order valence-corrected chi connectivity index (χ2v) is 11.5. The lowest BCUT2D eigenvalue weighted by Crippen LogP contribution is -2.51. The number of Topliss-reactive ketones (excluding diaryl/α,β-unsaturated/α-hetero) is 1.